The maximum atomic E-state index is 11.4. The van der Waals surface area contributed by atoms with E-state index in [1.807, 2.05) is 6.92 Å². The maximum absolute atomic E-state index is 11.4. The third-order valence-electron chi connectivity index (χ3n) is 2.37. The van der Waals surface area contributed by atoms with Gasteiger partial charge in [-0.25, -0.2) is 0 Å². The van der Waals surface area contributed by atoms with Crippen molar-refractivity contribution in [2.24, 2.45) is 0 Å². The summed E-state index contributed by atoms with van der Waals surface area (Å²) in [5.74, 6) is 0.129. The topological polar surface area (TPSA) is 81.5 Å². The van der Waals surface area contributed by atoms with Crippen LogP contribution in [0.1, 0.15) is 13.3 Å². The zero-order valence-corrected chi connectivity index (χ0v) is 8.60. The number of amides is 1. The highest BCUT2D eigenvalue weighted by Gasteiger charge is 2.27. The third-order valence-corrected chi connectivity index (χ3v) is 2.37. The zero-order valence-electron chi connectivity index (χ0n) is 8.60. The van der Waals surface area contributed by atoms with Gasteiger partial charge in [0.05, 0.1) is 16.7 Å². The second-order valence-electron chi connectivity index (χ2n) is 3.44. The van der Waals surface area contributed by atoms with E-state index in [4.69, 9.17) is 4.74 Å². The Bertz CT molecular complexity index is 458. The quantitative estimate of drug-likeness (QED) is 0.610. The monoisotopic (exact) mass is 222 g/mol. The molecule has 6 heteroatoms. The number of fused-ring (bicyclic) bond motifs is 1. The van der Waals surface area contributed by atoms with E-state index < -0.39 is 11.0 Å². The number of ether oxygens (including phenoxy) is 1. The number of nitro groups is 1. The average molecular weight is 222 g/mol. The summed E-state index contributed by atoms with van der Waals surface area (Å²) < 4.78 is 5.37. The highest BCUT2D eigenvalue weighted by Crippen LogP contribution is 2.33. The van der Waals surface area contributed by atoms with Gasteiger partial charge in [-0.05, 0) is 12.5 Å². The van der Waals surface area contributed by atoms with Crippen LogP contribution < -0.4 is 10.1 Å². The molecule has 0 aromatic heterocycles. The van der Waals surface area contributed by atoms with E-state index >= 15 is 0 Å². The van der Waals surface area contributed by atoms with Gasteiger partial charge in [0.25, 0.3) is 11.6 Å². The number of hydrogen-bond donors (Lipinski definition) is 1. The second kappa shape index (κ2) is 3.80. The Labute approximate surface area is 91.4 Å². The van der Waals surface area contributed by atoms with Crippen LogP contribution in [0, 0.1) is 10.1 Å². The number of anilines is 1. The molecule has 1 unspecified atom stereocenters. The molecule has 1 aliphatic heterocycles. The van der Waals surface area contributed by atoms with Gasteiger partial charge in [0.2, 0.25) is 0 Å². The summed E-state index contributed by atoms with van der Waals surface area (Å²) in [6.45, 7) is 1.81. The summed E-state index contributed by atoms with van der Waals surface area (Å²) in [5.41, 5.74) is 0.421. The molecule has 1 aromatic rings. The van der Waals surface area contributed by atoms with Gasteiger partial charge < -0.3 is 10.1 Å². The molecule has 1 amide bonds. The van der Waals surface area contributed by atoms with E-state index in [-0.39, 0.29) is 11.6 Å². The standard InChI is InChI=1S/C10H10N2O4/c1-2-8-10(13)11-7-4-3-6(12(14)15)5-9(7)16-8/h3-5,8H,2H2,1H3,(H,11,13). The normalized spacial score (nSPS) is 18.3. The van der Waals surface area contributed by atoms with Crippen molar-refractivity contribution in [1.29, 1.82) is 0 Å². The average Bonchev–Trinajstić information content (AvgIpc) is 2.27. The lowest BCUT2D eigenvalue weighted by atomic mass is 10.2. The first kappa shape index (κ1) is 10.4. The summed E-state index contributed by atoms with van der Waals surface area (Å²) in [4.78, 5) is 21.5. The number of non-ortho nitro benzene ring substituents is 1. The largest absolute Gasteiger partial charge is 0.478 e. The van der Waals surface area contributed by atoms with Gasteiger partial charge in [0.15, 0.2) is 11.9 Å². The predicted molar refractivity (Wildman–Crippen MR) is 56.4 cm³/mol. The van der Waals surface area contributed by atoms with E-state index in [1.54, 1.807) is 0 Å². The summed E-state index contributed by atoms with van der Waals surface area (Å²) >= 11 is 0. The van der Waals surface area contributed by atoms with Gasteiger partial charge in [0.1, 0.15) is 0 Å². The molecular weight excluding hydrogens is 212 g/mol. The molecule has 0 saturated heterocycles. The highest BCUT2D eigenvalue weighted by atomic mass is 16.6. The Morgan fingerprint density at radius 1 is 1.56 bits per heavy atom. The van der Waals surface area contributed by atoms with Crippen molar-refractivity contribution in [2.45, 2.75) is 19.4 Å². The number of carbonyl (C=O) groups excluding carboxylic acids is 1. The van der Waals surface area contributed by atoms with E-state index in [2.05, 4.69) is 5.32 Å². The van der Waals surface area contributed by atoms with Crippen molar-refractivity contribution in [3.8, 4) is 5.75 Å². The Balaban J connectivity index is 2.37. The van der Waals surface area contributed by atoms with Crippen LogP contribution in [0.4, 0.5) is 11.4 Å². The van der Waals surface area contributed by atoms with E-state index in [9.17, 15) is 14.9 Å². The molecule has 1 aliphatic rings. The molecule has 0 radical (unpaired) electrons. The lowest BCUT2D eigenvalue weighted by Gasteiger charge is -2.24. The highest BCUT2D eigenvalue weighted by molar-refractivity contribution is 5.97. The van der Waals surface area contributed by atoms with E-state index in [0.717, 1.165) is 0 Å². The molecule has 0 aliphatic carbocycles. The van der Waals surface area contributed by atoms with Crippen LogP contribution in [0.15, 0.2) is 18.2 Å². The van der Waals surface area contributed by atoms with Gasteiger partial charge >= 0.3 is 0 Å². The summed E-state index contributed by atoms with van der Waals surface area (Å²) in [5, 5.41) is 13.2. The fraction of sp³-hybridized carbons (Fsp3) is 0.300. The molecule has 1 atom stereocenters. The fourth-order valence-electron chi connectivity index (χ4n) is 1.51. The van der Waals surface area contributed by atoms with Crippen molar-refractivity contribution in [1.82, 2.24) is 0 Å². The first-order chi connectivity index (χ1) is 7.61. The van der Waals surface area contributed by atoms with Crippen molar-refractivity contribution in [2.75, 3.05) is 5.32 Å². The summed E-state index contributed by atoms with van der Waals surface area (Å²) in [6, 6.07) is 4.11. The van der Waals surface area contributed by atoms with Crippen LogP contribution >= 0.6 is 0 Å². The molecule has 84 valence electrons. The SMILES string of the molecule is CCC1Oc2cc([N+](=O)[O-])ccc2NC1=O. The van der Waals surface area contributed by atoms with E-state index in [0.29, 0.717) is 17.9 Å². The maximum Gasteiger partial charge on any atom is 0.273 e. The lowest BCUT2D eigenvalue weighted by Crippen LogP contribution is -2.36. The molecule has 0 bridgehead atoms. The van der Waals surface area contributed by atoms with Crippen molar-refractivity contribution >= 4 is 17.3 Å². The first-order valence-electron chi connectivity index (χ1n) is 4.87. The van der Waals surface area contributed by atoms with Crippen LogP contribution in [0.3, 0.4) is 0 Å². The molecule has 1 aromatic carbocycles. The lowest BCUT2D eigenvalue weighted by molar-refractivity contribution is -0.384. The van der Waals surface area contributed by atoms with Crippen LogP contribution in [-0.2, 0) is 4.79 Å². The minimum absolute atomic E-state index is 0.0512. The van der Waals surface area contributed by atoms with Gasteiger partial charge in [-0.3, -0.25) is 14.9 Å². The summed E-state index contributed by atoms with van der Waals surface area (Å²) in [6.07, 6.45) is -0.0527. The van der Waals surface area contributed by atoms with Crippen molar-refractivity contribution < 1.29 is 14.5 Å². The molecule has 16 heavy (non-hydrogen) atoms. The number of nitrogens with one attached hydrogen (secondary N) is 1. The number of nitrogens with zero attached hydrogens (tertiary/aromatic N) is 1. The van der Waals surface area contributed by atoms with Crippen molar-refractivity contribution in [3.05, 3.63) is 28.3 Å². The van der Waals surface area contributed by atoms with Crippen LogP contribution in [0.25, 0.3) is 0 Å². The van der Waals surface area contributed by atoms with Gasteiger partial charge in [-0.2, -0.15) is 0 Å². The Kier molecular flexibility index (Phi) is 2.47. The van der Waals surface area contributed by atoms with Crippen LogP contribution in [-0.4, -0.2) is 16.9 Å². The Morgan fingerprint density at radius 2 is 2.31 bits per heavy atom. The number of rotatable bonds is 2. The minimum Gasteiger partial charge on any atom is -0.478 e. The van der Waals surface area contributed by atoms with Crippen LogP contribution in [0.2, 0.25) is 0 Å². The van der Waals surface area contributed by atoms with Gasteiger partial charge in [-0.15, -0.1) is 0 Å². The molecular formula is C10H10N2O4. The second-order valence-corrected chi connectivity index (χ2v) is 3.44. The smallest absolute Gasteiger partial charge is 0.273 e. The summed E-state index contributed by atoms with van der Waals surface area (Å²) in [7, 11) is 0. The number of nitro benzene ring substituents is 1. The molecule has 2 rings (SSSR count). The number of carbonyl (C=O) groups is 1. The molecule has 0 saturated carbocycles. The number of hydrogen-bond acceptors (Lipinski definition) is 4. The minimum atomic E-state index is -0.575. The Morgan fingerprint density at radius 3 is 2.94 bits per heavy atom. The van der Waals surface area contributed by atoms with Gasteiger partial charge in [0, 0.05) is 6.07 Å². The molecule has 0 spiro atoms. The number of benzene rings is 1. The van der Waals surface area contributed by atoms with Gasteiger partial charge in [-0.1, -0.05) is 6.92 Å². The van der Waals surface area contributed by atoms with Crippen molar-refractivity contribution in [3.63, 3.8) is 0 Å². The molecule has 1 heterocycles. The predicted octanol–water partition coefficient (Wildman–Crippen LogP) is 1.70. The van der Waals surface area contributed by atoms with E-state index in [1.165, 1.54) is 18.2 Å². The first-order valence-corrected chi connectivity index (χ1v) is 4.87. The fourth-order valence-corrected chi connectivity index (χ4v) is 1.51. The molecule has 6 nitrogen and oxygen atoms in total. The Hall–Kier alpha value is -2.11. The van der Waals surface area contributed by atoms with Crippen LogP contribution in [0.5, 0.6) is 5.75 Å². The zero-order chi connectivity index (χ0) is 11.7. The molecule has 0 fully saturated rings. The third kappa shape index (κ3) is 1.69. The molecule has 1 N–H and O–H groups in total.